The molecule has 1 aromatic carbocycles. The molecule has 2 aliphatic heterocycles. The minimum Gasteiger partial charge on any atom is -0.496 e. The van der Waals surface area contributed by atoms with Crippen molar-refractivity contribution in [1.29, 1.82) is 0 Å². The molecule has 0 aliphatic carbocycles. The van der Waals surface area contributed by atoms with Crippen molar-refractivity contribution in [2.24, 2.45) is 5.41 Å². The molecule has 0 saturated heterocycles. The molecule has 136 valence electrons. The maximum absolute atomic E-state index is 12.9. The molecular weight excluding hydrogens is 346 g/mol. The number of methoxy groups -OCH3 is 1. The van der Waals surface area contributed by atoms with Gasteiger partial charge in [0.25, 0.3) is 0 Å². The van der Waals surface area contributed by atoms with Gasteiger partial charge in [-0.25, -0.2) is 0 Å². The lowest BCUT2D eigenvalue weighted by Gasteiger charge is -2.32. The Bertz CT molecular complexity index is 868. The molecule has 5 heteroatoms. The van der Waals surface area contributed by atoms with Gasteiger partial charge in [-0.05, 0) is 29.2 Å². The smallest absolute Gasteiger partial charge is 0.228 e. The molecule has 0 spiro atoms. The summed E-state index contributed by atoms with van der Waals surface area (Å²) in [5.41, 5.74) is 3.22. The fraction of sp³-hybridized carbons (Fsp3) is 0.381. The van der Waals surface area contributed by atoms with Crippen LogP contribution in [0.5, 0.6) is 11.5 Å². The van der Waals surface area contributed by atoms with E-state index in [2.05, 4.69) is 19.9 Å². The zero-order valence-electron chi connectivity index (χ0n) is 15.4. The van der Waals surface area contributed by atoms with E-state index in [1.807, 2.05) is 34.5 Å². The van der Waals surface area contributed by atoms with Gasteiger partial charge in [0, 0.05) is 28.0 Å². The first kappa shape index (κ1) is 17.2. The number of ether oxygens (including phenoxy) is 2. The molecular formula is C21H23NO3S. The number of carbonyl (C=O) groups excluding carboxylic acids is 1. The minimum atomic E-state index is -0.0847. The summed E-state index contributed by atoms with van der Waals surface area (Å²) in [6.45, 7) is 6.12. The first-order valence-electron chi connectivity index (χ1n) is 8.82. The molecule has 2 aromatic rings. The Morgan fingerprint density at radius 2 is 2.15 bits per heavy atom. The molecule has 0 radical (unpaired) electrons. The second-order valence-electron chi connectivity index (χ2n) is 7.57. The Morgan fingerprint density at radius 3 is 2.88 bits per heavy atom. The minimum absolute atomic E-state index is 0.0847. The van der Waals surface area contributed by atoms with Crippen molar-refractivity contribution < 1.29 is 14.3 Å². The van der Waals surface area contributed by atoms with E-state index >= 15 is 0 Å². The lowest BCUT2D eigenvalue weighted by molar-refractivity contribution is -0.130. The van der Waals surface area contributed by atoms with Crippen molar-refractivity contribution in [1.82, 2.24) is 4.90 Å². The fourth-order valence-electron chi connectivity index (χ4n) is 3.70. The summed E-state index contributed by atoms with van der Waals surface area (Å²) in [6, 6.07) is 7.93. The molecule has 0 saturated carbocycles. The lowest BCUT2D eigenvalue weighted by atomic mass is 9.87. The first-order valence-corrected chi connectivity index (χ1v) is 9.70. The van der Waals surface area contributed by atoms with E-state index in [4.69, 9.17) is 9.47 Å². The third-order valence-corrected chi connectivity index (χ3v) is 5.78. The van der Waals surface area contributed by atoms with Crippen LogP contribution in [0.3, 0.4) is 0 Å². The van der Waals surface area contributed by atoms with Crippen LogP contribution in [-0.4, -0.2) is 31.1 Å². The van der Waals surface area contributed by atoms with Crippen LogP contribution in [0, 0.1) is 5.41 Å². The molecule has 1 amide bonds. The number of hydrogen-bond donors (Lipinski definition) is 0. The van der Waals surface area contributed by atoms with E-state index in [0.29, 0.717) is 26.1 Å². The van der Waals surface area contributed by atoms with Crippen LogP contribution in [0.15, 0.2) is 35.7 Å². The van der Waals surface area contributed by atoms with E-state index < -0.39 is 0 Å². The fourth-order valence-corrected chi connectivity index (χ4v) is 4.40. The summed E-state index contributed by atoms with van der Waals surface area (Å²) in [4.78, 5) is 15.9. The van der Waals surface area contributed by atoms with Crippen LogP contribution in [-0.2, 0) is 17.8 Å². The average molecular weight is 369 g/mol. The van der Waals surface area contributed by atoms with Gasteiger partial charge in [-0.1, -0.05) is 26.0 Å². The van der Waals surface area contributed by atoms with E-state index in [1.165, 1.54) is 0 Å². The van der Waals surface area contributed by atoms with Crippen LogP contribution in [0.4, 0.5) is 0 Å². The van der Waals surface area contributed by atoms with Crippen LogP contribution in [0.25, 0.3) is 5.57 Å². The maximum atomic E-state index is 12.9. The third kappa shape index (κ3) is 3.12. The number of hydrogen-bond acceptors (Lipinski definition) is 4. The van der Waals surface area contributed by atoms with Gasteiger partial charge in [0.1, 0.15) is 11.5 Å². The van der Waals surface area contributed by atoms with E-state index in [-0.39, 0.29) is 11.3 Å². The number of carbonyl (C=O) groups is 1. The number of amides is 1. The summed E-state index contributed by atoms with van der Waals surface area (Å²) in [5.74, 6) is 1.85. The highest BCUT2D eigenvalue weighted by Gasteiger charge is 2.33. The number of nitrogens with zero attached hydrogens (tertiary/aromatic N) is 1. The highest BCUT2D eigenvalue weighted by Crippen LogP contribution is 2.44. The SMILES string of the molecule is COc1ccc2c3c1CN(C(=O)Cc1cccs1)CC3=CC(C)(C)CO2. The van der Waals surface area contributed by atoms with Gasteiger partial charge in [-0.15, -0.1) is 11.3 Å². The Balaban J connectivity index is 1.74. The molecule has 0 bridgehead atoms. The summed E-state index contributed by atoms with van der Waals surface area (Å²) in [6.07, 6.45) is 2.70. The van der Waals surface area contributed by atoms with Gasteiger partial charge in [-0.3, -0.25) is 4.79 Å². The van der Waals surface area contributed by atoms with Crippen molar-refractivity contribution in [3.63, 3.8) is 0 Å². The molecule has 4 rings (SSSR count). The zero-order valence-corrected chi connectivity index (χ0v) is 16.2. The Morgan fingerprint density at radius 1 is 1.31 bits per heavy atom. The summed E-state index contributed by atoms with van der Waals surface area (Å²) in [5, 5.41) is 2.01. The molecule has 1 aromatic heterocycles. The van der Waals surface area contributed by atoms with Crippen LogP contribution in [0.1, 0.15) is 29.9 Å². The second kappa shape index (κ2) is 6.47. The standard InChI is InChI=1S/C21H23NO3S/c1-21(2)10-14-11-22(19(23)9-15-5-4-8-26-15)12-16-17(24-3)6-7-18(20(14)16)25-13-21/h4-8,10H,9,11-13H2,1-3H3. The van der Waals surface area contributed by atoms with Crippen LogP contribution in [0.2, 0.25) is 0 Å². The monoisotopic (exact) mass is 369 g/mol. The normalized spacial score (nSPS) is 17.7. The Hall–Kier alpha value is -2.27. The lowest BCUT2D eigenvalue weighted by Crippen LogP contribution is -2.36. The molecule has 0 unspecified atom stereocenters. The Kier molecular flexibility index (Phi) is 4.27. The summed E-state index contributed by atoms with van der Waals surface area (Å²) < 4.78 is 11.7. The van der Waals surface area contributed by atoms with Gasteiger partial charge in [0.2, 0.25) is 5.91 Å². The van der Waals surface area contributed by atoms with E-state index in [9.17, 15) is 4.79 Å². The molecule has 2 aliphatic rings. The average Bonchev–Trinajstić information content (AvgIpc) is 3.07. The summed E-state index contributed by atoms with van der Waals surface area (Å²) >= 11 is 1.62. The molecule has 26 heavy (non-hydrogen) atoms. The highest BCUT2D eigenvalue weighted by atomic mass is 32.1. The van der Waals surface area contributed by atoms with Gasteiger partial charge < -0.3 is 14.4 Å². The van der Waals surface area contributed by atoms with Gasteiger partial charge in [-0.2, -0.15) is 0 Å². The molecule has 0 atom stereocenters. The van der Waals surface area contributed by atoms with Gasteiger partial charge >= 0.3 is 0 Å². The molecule has 3 heterocycles. The highest BCUT2D eigenvalue weighted by molar-refractivity contribution is 7.10. The summed E-state index contributed by atoms with van der Waals surface area (Å²) in [7, 11) is 1.68. The number of thiophene rings is 1. The van der Waals surface area contributed by atoms with Crippen molar-refractivity contribution in [2.45, 2.75) is 26.8 Å². The zero-order chi connectivity index (χ0) is 18.3. The number of rotatable bonds is 3. The topological polar surface area (TPSA) is 38.8 Å². The van der Waals surface area contributed by atoms with E-state index in [1.54, 1.807) is 18.4 Å². The molecule has 0 N–H and O–H groups in total. The maximum Gasteiger partial charge on any atom is 0.228 e. The third-order valence-electron chi connectivity index (χ3n) is 4.91. The van der Waals surface area contributed by atoms with Gasteiger partial charge in [0.05, 0.1) is 26.7 Å². The second-order valence-corrected chi connectivity index (χ2v) is 8.60. The molecule has 4 nitrogen and oxygen atoms in total. The van der Waals surface area contributed by atoms with Crippen molar-refractivity contribution >= 4 is 22.8 Å². The largest absolute Gasteiger partial charge is 0.496 e. The Labute approximate surface area is 158 Å². The predicted molar refractivity (Wildman–Crippen MR) is 104 cm³/mol. The van der Waals surface area contributed by atoms with Crippen LogP contribution < -0.4 is 9.47 Å². The predicted octanol–water partition coefficient (Wildman–Crippen LogP) is 4.14. The van der Waals surface area contributed by atoms with E-state index in [0.717, 1.165) is 33.1 Å². The quantitative estimate of drug-likeness (QED) is 0.816. The number of benzene rings is 1. The van der Waals surface area contributed by atoms with Crippen LogP contribution >= 0.6 is 11.3 Å². The van der Waals surface area contributed by atoms with Crippen molar-refractivity contribution in [2.75, 3.05) is 20.3 Å². The molecule has 0 fully saturated rings. The van der Waals surface area contributed by atoms with Crippen molar-refractivity contribution in [3.05, 3.63) is 51.7 Å². The van der Waals surface area contributed by atoms with Crippen molar-refractivity contribution in [3.8, 4) is 11.5 Å². The van der Waals surface area contributed by atoms with Gasteiger partial charge in [0.15, 0.2) is 0 Å². The first-order chi connectivity index (χ1) is 12.5.